The van der Waals surface area contributed by atoms with Crippen molar-refractivity contribution in [1.29, 1.82) is 0 Å². The number of Topliss-reactive ketones (excluding diaryl/α,β-unsaturated/α-hetero) is 1. The first-order valence-electron chi connectivity index (χ1n) is 7.39. The summed E-state index contributed by atoms with van der Waals surface area (Å²) in [6.45, 7) is 4.00. The van der Waals surface area contributed by atoms with E-state index >= 15 is 0 Å². The van der Waals surface area contributed by atoms with Crippen molar-refractivity contribution in [3.05, 3.63) is 70.7 Å². The van der Waals surface area contributed by atoms with E-state index in [9.17, 15) is 4.79 Å². The van der Waals surface area contributed by atoms with Gasteiger partial charge in [-0.25, -0.2) is 4.98 Å². The Hall–Kier alpha value is -2.46. The molecule has 3 nitrogen and oxygen atoms in total. The van der Waals surface area contributed by atoms with Crippen molar-refractivity contribution < 1.29 is 9.53 Å². The maximum Gasteiger partial charge on any atom is 0.159 e. The molecule has 0 amide bonds. The number of carbonyl (C=O) groups is 1. The van der Waals surface area contributed by atoms with Crippen LogP contribution in [-0.2, 0) is 6.61 Å². The number of nitrogens with zero attached hydrogens (tertiary/aromatic N) is 1. The minimum absolute atomic E-state index is 0.0378. The number of ether oxygens (including phenoxy) is 1. The van der Waals surface area contributed by atoms with Crippen LogP contribution in [0.5, 0.6) is 5.75 Å². The van der Waals surface area contributed by atoms with Crippen LogP contribution in [0.3, 0.4) is 0 Å². The fourth-order valence-corrected chi connectivity index (χ4v) is 3.20. The van der Waals surface area contributed by atoms with Crippen molar-refractivity contribution in [1.82, 2.24) is 4.98 Å². The largest absolute Gasteiger partial charge is 0.488 e. The van der Waals surface area contributed by atoms with Crippen LogP contribution in [0.4, 0.5) is 0 Å². The summed E-state index contributed by atoms with van der Waals surface area (Å²) < 4.78 is 5.83. The van der Waals surface area contributed by atoms with Crippen LogP contribution in [0.15, 0.2) is 54.6 Å². The fourth-order valence-electron chi connectivity index (χ4n) is 2.22. The quantitative estimate of drug-likeness (QED) is 0.627. The number of aromatic nitrogens is 1. The summed E-state index contributed by atoms with van der Waals surface area (Å²) in [4.78, 5) is 17.1. The summed E-state index contributed by atoms with van der Waals surface area (Å²) in [7, 11) is 0. The van der Waals surface area contributed by atoms with Gasteiger partial charge in [-0.3, -0.25) is 4.79 Å². The number of aryl methyl sites for hydroxylation is 1. The normalized spacial score (nSPS) is 10.5. The van der Waals surface area contributed by atoms with Crippen LogP contribution in [0.1, 0.15) is 27.9 Å². The Morgan fingerprint density at radius 2 is 1.91 bits per heavy atom. The Balaban J connectivity index is 1.75. The van der Waals surface area contributed by atoms with Gasteiger partial charge in [0, 0.05) is 11.1 Å². The molecule has 3 rings (SSSR count). The van der Waals surface area contributed by atoms with Gasteiger partial charge < -0.3 is 4.74 Å². The minimum atomic E-state index is 0.0378. The monoisotopic (exact) mass is 323 g/mol. The smallest absolute Gasteiger partial charge is 0.159 e. The molecule has 23 heavy (non-hydrogen) atoms. The first-order valence-corrected chi connectivity index (χ1v) is 8.20. The lowest BCUT2D eigenvalue weighted by Crippen LogP contribution is -1.97. The third-order valence-electron chi connectivity index (χ3n) is 3.52. The number of hydrogen-bond donors (Lipinski definition) is 0. The van der Waals surface area contributed by atoms with E-state index in [0.29, 0.717) is 17.9 Å². The second-order valence-corrected chi connectivity index (χ2v) is 6.35. The van der Waals surface area contributed by atoms with Crippen LogP contribution in [0.2, 0.25) is 0 Å². The molecule has 0 fully saturated rings. The van der Waals surface area contributed by atoms with E-state index < -0.39 is 0 Å². The SMILES string of the molecule is CC(=O)c1cccc(OCc2sc(-c3ccccc3)nc2C)c1. The van der Waals surface area contributed by atoms with Crippen molar-refractivity contribution in [2.24, 2.45) is 0 Å². The second-order valence-electron chi connectivity index (χ2n) is 5.27. The maximum absolute atomic E-state index is 11.4. The van der Waals surface area contributed by atoms with Crippen molar-refractivity contribution >= 4 is 17.1 Å². The number of benzene rings is 2. The zero-order valence-electron chi connectivity index (χ0n) is 13.1. The molecule has 0 saturated heterocycles. The van der Waals surface area contributed by atoms with E-state index in [1.165, 1.54) is 0 Å². The van der Waals surface area contributed by atoms with Gasteiger partial charge in [0.05, 0.1) is 10.6 Å². The molecule has 116 valence electrons. The molecule has 0 bridgehead atoms. The fraction of sp³-hybridized carbons (Fsp3) is 0.158. The molecule has 0 unspecified atom stereocenters. The lowest BCUT2D eigenvalue weighted by atomic mass is 10.1. The number of rotatable bonds is 5. The van der Waals surface area contributed by atoms with Crippen LogP contribution < -0.4 is 4.74 Å². The Morgan fingerprint density at radius 1 is 1.13 bits per heavy atom. The van der Waals surface area contributed by atoms with Crippen LogP contribution in [-0.4, -0.2) is 10.8 Å². The zero-order chi connectivity index (χ0) is 16.2. The summed E-state index contributed by atoms with van der Waals surface area (Å²) in [6, 6.07) is 17.4. The number of carbonyl (C=O) groups excluding carboxylic acids is 1. The molecule has 0 N–H and O–H groups in total. The minimum Gasteiger partial charge on any atom is -0.488 e. The van der Waals surface area contributed by atoms with E-state index in [1.807, 2.05) is 37.3 Å². The summed E-state index contributed by atoms with van der Waals surface area (Å²) in [5.41, 5.74) is 2.76. The number of thiazole rings is 1. The summed E-state index contributed by atoms with van der Waals surface area (Å²) in [5.74, 6) is 0.738. The van der Waals surface area contributed by atoms with Gasteiger partial charge in [-0.1, -0.05) is 42.5 Å². The predicted octanol–water partition coefficient (Wildman–Crippen LogP) is 4.90. The van der Waals surface area contributed by atoms with Gasteiger partial charge in [-0.2, -0.15) is 0 Å². The van der Waals surface area contributed by atoms with Gasteiger partial charge in [0.25, 0.3) is 0 Å². The summed E-state index contributed by atoms with van der Waals surface area (Å²) >= 11 is 1.64. The van der Waals surface area contributed by atoms with Gasteiger partial charge in [0.2, 0.25) is 0 Å². The van der Waals surface area contributed by atoms with Gasteiger partial charge in [0.15, 0.2) is 5.78 Å². The standard InChI is InChI=1S/C19H17NO2S/c1-13-18(23-19(20-13)15-7-4-3-5-8-15)12-22-17-10-6-9-16(11-17)14(2)21/h3-11H,12H2,1-2H3. The molecular formula is C19H17NO2S. The third kappa shape index (κ3) is 3.66. The highest BCUT2D eigenvalue weighted by Crippen LogP contribution is 2.28. The Kier molecular flexibility index (Phi) is 4.53. The molecule has 0 radical (unpaired) electrons. The third-order valence-corrected chi connectivity index (χ3v) is 4.70. The molecule has 0 aliphatic carbocycles. The molecule has 4 heteroatoms. The summed E-state index contributed by atoms with van der Waals surface area (Å²) in [5, 5.41) is 0.999. The molecule has 0 saturated carbocycles. The Labute approximate surface area is 139 Å². The lowest BCUT2D eigenvalue weighted by molar-refractivity contribution is 0.101. The highest BCUT2D eigenvalue weighted by molar-refractivity contribution is 7.15. The molecule has 2 aromatic carbocycles. The summed E-state index contributed by atoms with van der Waals surface area (Å²) in [6.07, 6.45) is 0. The van der Waals surface area contributed by atoms with Crippen LogP contribution in [0, 0.1) is 6.92 Å². The molecule has 1 heterocycles. The first kappa shape index (κ1) is 15.4. The van der Waals surface area contributed by atoms with Crippen molar-refractivity contribution in [3.63, 3.8) is 0 Å². The van der Waals surface area contributed by atoms with Gasteiger partial charge in [-0.15, -0.1) is 11.3 Å². The average Bonchev–Trinajstić information content (AvgIpc) is 2.95. The molecule has 0 aliphatic heterocycles. The van der Waals surface area contributed by atoms with Crippen molar-refractivity contribution in [2.75, 3.05) is 0 Å². The number of hydrogen-bond acceptors (Lipinski definition) is 4. The topological polar surface area (TPSA) is 39.2 Å². The molecule has 3 aromatic rings. The molecular weight excluding hydrogens is 306 g/mol. The van der Waals surface area contributed by atoms with Gasteiger partial charge in [-0.05, 0) is 26.0 Å². The molecule has 1 aromatic heterocycles. The Bertz CT molecular complexity index is 824. The van der Waals surface area contributed by atoms with Crippen LogP contribution in [0.25, 0.3) is 10.6 Å². The molecule has 0 spiro atoms. The highest BCUT2D eigenvalue weighted by atomic mass is 32.1. The van der Waals surface area contributed by atoms with E-state index in [0.717, 1.165) is 21.1 Å². The van der Waals surface area contributed by atoms with Crippen molar-refractivity contribution in [2.45, 2.75) is 20.5 Å². The van der Waals surface area contributed by atoms with Crippen LogP contribution >= 0.6 is 11.3 Å². The van der Waals surface area contributed by atoms with E-state index in [2.05, 4.69) is 17.1 Å². The maximum atomic E-state index is 11.4. The Morgan fingerprint density at radius 3 is 2.65 bits per heavy atom. The molecule has 0 atom stereocenters. The average molecular weight is 323 g/mol. The van der Waals surface area contributed by atoms with Gasteiger partial charge in [0.1, 0.15) is 17.4 Å². The lowest BCUT2D eigenvalue weighted by Gasteiger charge is -2.06. The highest BCUT2D eigenvalue weighted by Gasteiger charge is 2.10. The van der Waals surface area contributed by atoms with E-state index in [4.69, 9.17) is 4.74 Å². The molecule has 0 aliphatic rings. The van der Waals surface area contributed by atoms with Gasteiger partial charge >= 0.3 is 0 Å². The zero-order valence-corrected chi connectivity index (χ0v) is 13.9. The van der Waals surface area contributed by atoms with E-state index in [-0.39, 0.29) is 5.78 Å². The van der Waals surface area contributed by atoms with E-state index in [1.54, 1.807) is 30.4 Å². The first-order chi connectivity index (χ1) is 11.1. The van der Waals surface area contributed by atoms with Crippen molar-refractivity contribution in [3.8, 4) is 16.3 Å². The predicted molar refractivity (Wildman–Crippen MR) is 93.1 cm³/mol. The number of ketones is 1. The second kappa shape index (κ2) is 6.75.